The lowest BCUT2D eigenvalue weighted by atomic mass is 10.2. The Bertz CT molecular complexity index is 1040. The van der Waals surface area contributed by atoms with Crippen LogP contribution in [0.1, 0.15) is 6.92 Å². The molecule has 0 unspecified atom stereocenters. The van der Waals surface area contributed by atoms with Crippen LogP contribution in [0.4, 0.5) is 0 Å². The Morgan fingerprint density at radius 3 is 2.45 bits per heavy atom. The first-order valence-corrected chi connectivity index (χ1v) is 10.8. The summed E-state index contributed by atoms with van der Waals surface area (Å²) in [5, 5.41) is 12.3. The molecule has 1 aromatic heterocycles. The highest BCUT2D eigenvalue weighted by Crippen LogP contribution is 2.29. The summed E-state index contributed by atoms with van der Waals surface area (Å²) in [6, 6.07) is 14.7. The summed E-state index contributed by atoms with van der Waals surface area (Å²) in [5.41, 5.74) is 1.64. The van der Waals surface area contributed by atoms with Gasteiger partial charge in [-0.1, -0.05) is 23.4 Å². The fourth-order valence-electron chi connectivity index (χ4n) is 2.68. The van der Waals surface area contributed by atoms with E-state index in [4.69, 9.17) is 21.1 Å². The van der Waals surface area contributed by atoms with E-state index in [0.717, 1.165) is 17.0 Å². The fraction of sp³-hybridized carbons (Fsp3) is 0.238. The van der Waals surface area contributed by atoms with Gasteiger partial charge in [0.25, 0.3) is 0 Å². The summed E-state index contributed by atoms with van der Waals surface area (Å²) in [6.07, 6.45) is 0. The molecule has 10 heteroatoms. The molecule has 0 aliphatic rings. The van der Waals surface area contributed by atoms with Gasteiger partial charge in [0.05, 0.1) is 19.5 Å². The number of methoxy groups -OCH3 is 1. The number of nitrogens with one attached hydrogen (secondary N) is 1. The molecular formula is C21H21ClN4O4S. The van der Waals surface area contributed by atoms with Crippen LogP contribution in [0.3, 0.4) is 0 Å². The standard InChI is InChI=1S/C21H21ClN4O4S/c1-3-30-19(28)12-23-18(27)13-31-21-25-24-20(14-4-10-17(29-2)11-5-14)26(21)16-8-6-15(22)7-9-16/h4-11H,3,12-13H2,1-2H3,(H,23,27). The number of halogens is 1. The minimum atomic E-state index is -0.480. The smallest absolute Gasteiger partial charge is 0.325 e. The van der Waals surface area contributed by atoms with E-state index in [1.54, 1.807) is 26.2 Å². The van der Waals surface area contributed by atoms with Crippen molar-refractivity contribution in [2.75, 3.05) is 26.0 Å². The molecule has 0 radical (unpaired) electrons. The second-order valence-electron chi connectivity index (χ2n) is 6.22. The van der Waals surface area contributed by atoms with Crippen LogP contribution in [0, 0.1) is 0 Å². The van der Waals surface area contributed by atoms with Crippen LogP contribution in [-0.4, -0.2) is 52.7 Å². The van der Waals surface area contributed by atoms with Crippen LogP contribution in [0.5, 0.6) is 5.75 Å². The van der Waals surface area contributed by atoms with E-state index in [-0.39, 0.29) is 24.8 Å². The maximum Gasteiger partial charge on any atom is 0.325 e. The van der Waals surface area contributed by atoms with Gasteiger partial charge in [0.1, 0.15) is 12.3 Å². The van der Waals surface area contributed by atoms with E-state index in [9.17, 15) is 9.59 Å². The van der Waals surface area contributed by atoms with Gasteiger partial charge < -0.3 is 14.8 Å². The van der Waals surface area contributed by atoms with E-state index in [2.05, 4.69) is 15.5 Å². The summed E-state index contributed by atoms with van der Waals surface area (Å²) in [4.78, 5) is 23.5. The molecule has 162 valence electrons. The van der Waals surface area contributed by atoms with E-state index in [1.165, 1.54) is 11.8 Å². The van der Waals surface area contributed by atoms with E-state index < -0.39 is 5.97 Å². The van der Waals surface area contributed by atoms with Crippen LogP contribution in [-0.2, 0) is 14.3 Å². The molecule has 0 saturated heterocycles. The second kappa shape index (κ2) is 10.8. The van der Waals surface area contributed by atoms with E-state index in [0.29, 0.717) is 16.0 Å². The summed E-state index contributed by atoms with van der Waals surface area (Å²) in [5.74, 6) is 0.614. The SMILES string of the molecule is CCOC(=O)CNC(=O)CSc1nnc(-c2ccc(OC)cc2)n1-c1ccc(Cl)cc1. The highest BCUT2D eigenvalue weighted by molar-refractivity contribution is 7.99. The lowest BCUT2D eigenvalue weighted by molar-refractivity contribution is -0.143. The minimum Gasteiger partial charge on any atom is -0.497 e. The van der Waals surface area contributed by atoms with Gasteiger partial charge in [0.2, 0.25) is 5.91 Å². The van der Waals surface area contributed by atoms with Gasteiger partial charge in [0.15, 0.2) is 11.0 Å². The lowest BCUT2D eigenvalue weighted by Gasteiger charge is -2.11. The molecule has 8 nitrogen and oxygen atoms in total. The Morgan fingerprint density at radius 1 is 1.10 bits per heavy atom. The number of benzene rings is 2. The van der Waals surface area contributed by atoms with Gasteiger partial charge in [-0.15, -0.1) is 10.2 Å². The zero-order valence-corrected chi connectivity index (χ0v) is 18.6. The van der Waals surface area contributed by atoms with Gasteiger partial charge in [0, 0.05) is 16.3 Å². The van der Waals surface area contributed by atoms with Gasteiger partial charge in [-0.05, 0) is 55.5 Å². The largest absolute Gasteiger partial charge is 0.497 e. The maximum atomic E-state index is 12.1. The second-order valence-corrected chi connectivity index (χ2v) is 7.60. The monoisotopic (exact) mass is 460 g/mol. The minimum absolute atomic E-state index is 0.0632. The fourth-order valence-corrected chi connectivity index (χ4v) is 3.59. The number of hydrogen-bond donors (Lipinski definition) is 1. The maximum absolute atomic E-state index is 12.1. The first kappa shape index (κ1) is 22.6. The normalized spacial score (nSPS) is 10.5. The molecule has 31 heavy (non-hydrogen) atoms. The number of esters is 1. The third kappa shape index (κ3) is 5.99. The first-order valence-electron chi connectivity index (χ1n) is 9.42. The van der Waals surface area contributed by atoms with Crippen LogP contribution >= 0.6 is 23.4 Å². The number of amides is 1. The molecule has 0 aliphatic carbocycles. The number of carbonyl (C=O) groups is 2. The number of carbonyl (C=O) groups excluding carboxylic acids is 2. The van der Waals surface area contributed by atoms with Gasteiger partial charge >= 0.3 is 5.97 Å². The van der Waals surface area contributed by atoms with Crippen molar-refractivity contribution in [2.45, 2.75) is 12.1 Å². The van der Waals surface area contributed by atoms with Crippen LogP contribution < -0.4 is 10.1 Å². The predicted octanol–water partition coefficient (Wildman–Crippen LogP) is 3.37. The predicted molar refractivity (Wildman–Crippen MR) is 119 cm³/mol. The third-order valence-corrected chi connectivity index (χ3v) is 5.31. The molecule has 0 aliphatic heterocycles. The molecule has 0 fully saturated rings. The molecule has 1 amide bonds. The topological polar surface area (TPSA) is 95.3 Å². The Balaban J connectivity index is 1.83. The Labute approximate surface area is 188 Å². The molecule has 0 atom stereocenters. The zero-order valence-electron chi connectivity index (χ0n) is 17.0. The first-order chi connectivity index (χ1) is 15.0. The number of nitrogens with zero attached hydrogens (tertiary/aromatic N) is 3. The van der Waals surface area contributed by atoms with Crippen molar-refractivity contribution in [3.63, 3.8) is 0 Å². The summed E-state index contributed by atoms with van der Waals surface area (Å²) in [6.45, 7) is 1.80. The quantitative estimate of drug-likeness (QED) is 0.386. The van der Waals surface area contributed by atoms with Crippen molar-refractivity contribution in [3.8, 4) is 22.8 Å². The average molecular weight is 461 g/mol. The molecule has 3 aromatic rings. The van der Waals surface area contributed by atoms with Crippen LogP contribution in [0.2, 0.25) is 5.02 Å². The molecule has 1 heterocycles. The van der Waals surface area contributed by atoms with Crippen molar-refractivity contribution >= 4 is 35.2 Å². The lowest BCUT2D eigenvalue weighted by Crippen LogP contribution is -2.31. The number of thioether (sulfide) groups is 1. The molecular weight excluding hydrogens is 440 g/mol. The average Bonchev–Trinajstić information content (AvgIpc) is 3.21. The number of aromatic nitrogens is 3. The highest BCUT2D eigenvalue weighted by atomic mass is 35.5. The summed E-state index contributed by atoms with van der Waals surface area (Å²) < 4.78 is 11.9. The third-order valence-electron chi connectivity index (χ3n) is 4.13. The Hall–Kier alpha value is -3.04. The van der Waals surface area contributed by atoms with Crippen molar-refractivity contribution in [3.05, 3.63) is 53.6 Å². The van der Waals surface area contributed by atoms with E-state index in [1.807, 2.05) is 41.0 Å². The van der Waals surface area contributed by atoms with E-state index >= 15 is 0 Å². The van der Waals surface area contributed by atoms with Crippen molar-refractivity contribution in [2.24, 2.45) is 0 Å². The summed E-state index contributed by atoms with van der Waals surface area (Å²) >= 11 is 7.25. The van der Waals surface area contributed by atoms with Crippen molar-refractivity contribution in [1.82, 2.24) is 20.1 Å². The van der Waals surface area contributed by atoms with Crippen LogP contribution in [0.25, 0.3) is 17.1 Å². The Morgan fingerprint density at radius 2 is 1.81 bits per heavy atom. The summed E-state index contributed by atoms with van der Waals surface area (Å²) in [7, 11) is 1.60. The van der Waals surface area contributed by atoms with Crippen molar-refractivity contribution in [1.29, 1.82) is 0 Å². The van der Waals surface area contributed by atoms with Gasteiger partial charge in [-0.2, -0.15) is 0 Å². The zero-order chi connectivity index (χ0) is 22.2. The van der Waals surface area contributed by atoms with Crippen LogP contribution in [0.15, 0.2) is 53.7 Å². The number of ether oxygens (including phenoxy) is 2. The molecule has 2 aromatic carbocycles. The van der Waals surface area contributed by atoms with Crippen molar-refractivity contribution < 1.29 is 19.1 Å². The molecule has 0 spiro atoms. The number of rotatable bonds is 9. The molecule has 3 rings (SSSR count). The Kier molecular flexibility index (Phi) is 7.91. The molecule has 0 bridgehead atoms. The highest BCUT2D eigenvalue weighted by Gasteiger charge is 2.18. The van der Waals surface area contributed by atoms with Gasteiger partial charge in [-0.3, -0.25) is 14.2 Å². The molecule has 1 N–H and O–H groups in total. The van der Waals surface area contributed by atoms with Gasteiger partial charge in [-0.25, -0.2) is 0 Å². The number of hydrogen-bond acceptors (Lipinski definition) is 7. The molecule has 0 saturated carbocycles.